The van der Waals surface area contributed by atoms with Crippen molar-refractivity contribution in [3.05, 3.63) is 10.6 Å². The molecule has 0 aromatic carbocycles. The zero-order valence-corrected chi connectivity index (χ0v) is 11.5. The molecule has 0 saturated carbocycles. The molecule has 0 saturated heterocycles. The average Bonchev–Trinajstić information content (AvgIpc) is 2.27. The van der Waals surface area contributed by atoms with E-state index in [4.69, 9.17) is 19.5 Å². The topological polar surface area (TPSA) is 85.6 Å². The van der Waals surface area contributed by atoms with Crippen molar-refractivity contribution < 1.29 is 23.8 Å². The Kier molecular flexibility index (Phi) is 5.31. The molecule has 0 aromatic rings. The minimum absolute atomic E-state index is 0.0811. The molecule has 6 nitrogen and oxygen atoms in total. The Morgan fingerprint density at radius 2 is 2.17 bits per heavy atom. The molecule has 0 aliphatic carbocycles. The number of nitrogens with zero attached hydrogens (tertiary/aromatic N) is 1. The van der Waals surface area contributed by atoms with Gasteiger partial charge in [-0.05, 0) is 6.08 Å². The molecule has 0 fully saturated rings. The van der Waals surface area contributed by atoms with E-state index in [0.29, 0.717) is 4.48 Å². The second-order valence-corrected chi connectivity index (χ2v) is 4.53. The molecule has 18 heavy (non-hydrogen) atoms. The van der Waals surface area contributed by atoms with Gasteiger partial charge in [-0.2, -0.15) is 5.26 Å². The molecule has 1 aliphatic heterocycles. The molecule has 1 heterocycles. The van der Waals surface area contributed by atoms with Crippen LogP contribution in [0, 0.1) is 11.3 Å². The molecule has 0 N–H and O–H groups in total. The van der Waals surface area contributed by atoms with E-state index < -0.39 is 30.3 Å². The maximum atomic E-state index is 11.0. The van der Waals surface area contributed by atoms with E-state index in [9.17, 15) is 9.59 Å². The van der Waals surface area contributed by atoms with Gasteiger partial charge in [0.25, 0.3) is 0 Å². The highest BCUT2D eigenvalue weighted by atomic mass is 79.9. The highest BCUT2D eigenvalue weighted by molar-refractivity contribution is 9.11. The molecule has 0 bridgehead atoms. The maximum absolute atomic E-state index is 11.0. The van der Waals surface area contributed by atoms with Crippen LogP contribution in [0.25, 0.3) is 0 Å². The van der Waals surface area contributed by atoms with Gasteiger partial charge in [-0.25, -0.2) is 0 Å². The van der Waals surface area contributed by atoms with Crippen LogP contribution in [0.4, 0.5) is 0 Å². The molecule has 1 rings (SSSR count). The van der Waals surface area contributed by atoms with Gasteiger partial charge < -0.3 is 14.2 Å². The summed E-state index contributed by atoms with van der Waals surface area (Å²) in [5.74, 6) is -0.953. The molecular weight excluding hydrogens is 306 g/mol. The largest absolute Gasteiger partial charge is 0.463 e. The molecule has 0 aromatic heterocycles. The number of halogens is 1. The summed E-state index contributed by atoms with van der Waals surface area (Å²) in [6.07, 6.45) is -0.616. The van der Waals surface area contributed by atoms with Crippen LogP contribution in [0.5, 0.6) is 0 Å². The standard InChI is InChI=1S/C11H12BrNO5/c1-6(14)16-5-11-9(17-7(2)15)3-8(12)10(4-13)18-11/h3,9-11H,5H2,1-2H3/t9-,10+,11+/m0/s1. The Hall–Kier alpha value is -1.39. The summed E-state index contributed by atoms with van der Waals surface area (Å²) >= 11 is 3.17. The Morgan fingerprint density at radius 1 is 1.50 bits per heavy atom. The quantitative estimate of drug-likeness (QED) is 0.723. The number of carbonyl (C=O) groups excluding carboxylic acids is 2. The minimum atomic E-state index is -0.794. The van der Waals surface area contributed by atoms with Crippen molar-refractivity contribution >= 4 is 27.9 Å². The van der Waals surface area contributed by atoms with Gasteiger partial charge in [-0.15, -0.1) is 0 Å². The fourth-order valence-electron chi connectivity index (χ4n) is 1.40. The lowest BCUT2D eigenvalue weighted by Crippen LogP contribution is -2.42. The summed E-state index contributed by atoms with van der Waals surface area (Å²) in [4.78, 5) is 21.7. The molecule has 0 radical (unpaired) electrons. The number of ether oxygens (including phenoxy) is 3. The van der Waals surface area contributed by atoms with E-state index in [1.807, 2.05) is 6.07 Å². The van der Waals surface area contributed by atoms with E-state index in [1.54, 1.807) is 6.08 Å². The first-order chi connectivity index (χ1) is 8.43. The van der Waals surface area contributed by atoms with E-state index in [0.717, 1.165) is 0 Å². The van der Waals surface area contributed by atoms with Crippen LogP contribution in [0.2, 0.25) is 0 Å². The first-order valence-corrected chi connectivity index (χ1v) is 5.96. The SMILES string of the molecule is CC(=O)OC[C@H]1O[C@H](C#N)C(Br)=C[C@@H]1OC(C)=O. The lowest BCUT2D eigenvalue weighted by molar-refractivity contribution is -0.161. The maximum Gasteiger partial charge on any atom is 0.303 e. The van der Waals surface area contributed by atoms with Crippen molar-refractivity contribution in [2.24, 2.45) is 0 Å². The highest BCUT2D eigenvalue weighted by Gasteiger charge is 2.33. The van der Waals surface area contributed by atoms with Gasteiger partial charge in [0.15, 0.2) is 12.2 Å². The fourth-order valence-corrected chi connectivity index (χ4v) is 1.87. The fraction of sp³-hybridized carbons (Fsp3) is 0.545. The van der Waals surface area contributed by atoms with Crippen LogP contribution in [0.1, 0.15) is 13.8 Å². The van der Waals surface area contributed by atoms with E-state index in [2.05, 4.69) is 15.9 Å². The third-order valence-corrected chi connectivity index (χ3v) is 2.80. The first-order valence-electron chi connectivity index (χ1n) is 5.17. The summed E-state index contributed by atoms with van der Waals surface area (Å²) in [6, 6.07) is 1.93. The van der Waals surface area contributed by atoms with Crippen molar-refractivity contribution in [3.8, 4) is 6.07 Å². The van der Waals surface area contributed by atoms with Crippen LogP contribution in [-0.2, 0) is 23.8 Å². The second kappa shape index (κ2) is 6.52. The zero-order valence-electron chi connectivity index (χ0n) is 9.88. The second-order valence-electron chi connectivity index (χ2n) is 3.61. The van der Waals surface area contributed by atoms with Crippen molar-refractivity contribution in [1.29, 1.82) is 5.26 Å². The summed E-state index contributed by atoms with van der Waals surface area (Å²) in [5.41, 5.74) is 0. The number of esters is 2. The van der Waals surface area contributed by atoms with Crippen LogP contribution < -0.4 is 0 Å². The lowest BCUT2D eigenvalue weighted by atomic mass is 10.1. The molecular formula is C11H12BrNO5. The number of nitriles is 1. The third kappa shape index (κ3) is 4.13. The highest BCUT2D eigenvalue weighted by Crippen LogP contribution is 2.26. The van der Waals surface area contributed by atoms with Gasteiger partial charge in [0.05, 0.1) is 6.07 Å². The molecule has 0 unspecified atom stereocenters. The Labute approximate surface area is 113 Å². The predicted octanol–water partition coefficient (Wildman–Crippen LogP) is 1.05. The van der Waals surface area contributed by atoms with Gasteiger partial charge in [0.2, 0.25) is 0 Å². The van der Waals surface area contributed by atoms with Crippen LogP contribution in [-0.4, -0.2) is 36.9 Å². The van der Waals surface area contributed by atoms with Gasteiger partial charge in [0.1, 0.15) is 12.7 Å². The van der Waals surface area contributed by atoms with Gasteiger partial charge in [-0.3, -0.25) is 9.59 Å². The Bertz CT molecular complexity index is 414. The average molecular weight is 318 g/mol. The summed E-state index contributed by atoms with van der Waals surface area (Å²) in [6.45, 7) is 2.44. The van der Waals surface area contributed by atoms with Crippen molar-refractivity contribution in [2.75, 3.05) is 6.61 Å². The van der Waals surface area contributed by atoms with Crippen molar-refractivity contribution in [2.45, 2.75) is 32.2 Å². The molecule has 98 valence electrons. The summed E-state index contributed by atoms with van der Waals surface area (Å²) in [7, 11) is 0. The zero-order chi connectivity index (χ0) is 13.7. The van der Waals surface area contributed by atoms with Gasteiger partial charge >= 0.3 is 11.9 Å². The number of hydrogen-bond acceptors (Lipinski definition) is 6. The van der Waals surface area contributed by atoms with Gasteiger partial charge in [-0.1, -0.05) is 15.9 Å². The molecule has 7 heteroatoms. The summed E-state index contributed by atoms with van der Waals surface area (Å²) < 4.78 is 15.7. The Balaban J connectivity index is 2.80. The van der Waals surface area contributed by atoms with Crippen LogP contribution in [0.3, 0.4) is 0 Å². The van der Waals surface area contributed by atoms with Crippen LogP contribution in [0.15, 0.2) is 10.6 Å². The number of carbonyl (C=O) groups is 2. The number of hydrogen-bond donors (Lipinski definition) is 0. The molecule has 0 spiro atoms. The molecule has 1 aliphatic rings. The van der Waals surface area contributed by atoms with Crippen molar-refractivity contribution in [1.82, 2.24) is 0 Å². The third-order valence-electron chi connectivity index (χ3n) is 2.12. The predicted molar refractivity (Wildman–Crippen MR) is 63.5 cm³/mol. The van der Waals surface area contributed by atoms with Crippen molar-refractivity contribution in [3.63, 3.8) is 0 Å². The molecule has 3 atom stereocenters. The number of rotatable bonds is 3. The van der Waals surface area contributed by atoms with E-state index in [-0.39, 0.29) is 6.61 Å². The van der Waals surface area contributed by atoms with E-state index in [1.165, 1.54) is 13.8 Å². The normalized spacial score (nSPS) is 26.8. The van der Waals surface area contributed by atoms with Gasteiger partial charge in [0, 0.05) is 18.3 Å². The minimum Gasteiger partial charge on any atom is -0.463 e. The Morgan fingerprint density at radius 3 is 2.67 bits per heavy atom. The summed E-state index contributed by atoms with van der Waals surface area (Å²) in [5, 5.41) is 8.86. The monoisotopic (exact) mass is 317 g/mol. The molecule has 0 amide bonds. The van der Waals surface area contributed by atoms with E-state index >= 15 is 0 Å². The van der Waals surface area contributed by atoms with Crippen LogP contribution >= 0.6 is 15.9 Å². The first kappa shape index (κ1) is 14.7. The smallest absolute Gasteiger partial charge is 0.303 e. The lowest BCUT2D eigenvalue weighted by Gasteiger charge is -2.30.